The molecule has 1 nitrogen and oxygen atoms in total. The minimum absolute atomic E-state index is 0.0418. The Morgan fingerprint density at radius 2 is 1.08 bits per heavy atom. The summed E-state index contributed by atoms with van der Waals surface area (Å²) in [7, 11) is -0.307. The molecule has 0 aliphatic heterocycles. The van der Waals surface area contributed by atoms with Crippen LogP contribution in [-0.4, -0.2) is 5.78 Å². The van der Waals surface area contributed by atoms with Crippen LogP contribution in [0, 0.1) is 0 Å². The van der Waals surface area contributed by atoms with Crippen LogP contribution >= 0.6 is 46.6 Å². The Hall–Kier alpha value is -2.66. The maximum Gasteiger partial charge on any atom is 0.193 e. The summed E-state index contributed by atoms with van der Waals surface area (Å²) >= 11 is 20.5. The zero-order valence-corrected chi connectivity index (χ0v) is 23.3. The van der Waals surface area contributed by atoms with E-state index in [9.17, 15) is 4.79 Å². The molecule has 0 unspecified atom stereocenters. The standard InChI is InChI=1S/C31H20Cl3OS2/c32-23-7-13-26(14-8-23)37(27-15-9-24(33)10-16-27)28-17-11-25(12-18-28)36-30-19-6-22(20-29(30)34)31(35)21-4-2-1-3-5-21/h1-20H/q+1. The first kappa shape index (κ1) is 26.0. The van der Waals surface area contributed by atoms with Gasteiger partial charge in [-0.3, -0.25) is 4.79 Å². The second-order valence-electron chi connectivity index (χ2n) is 8.13. The van der Waals surface area contributed by atoms with Gasteiger partial charge in [-0.25, -0.2) is 0 Å². The van der Waals surface area contributed by atoms with Gasteiger partial charge in [-0.15, -0.1) is 0 Å². The van der Waals surface area contributed by atoms with Gasteiger partial charge in [-0.1, -0.05) is 76.9 Å². The van der Waals surface area contributed by atoms with Crippen molar-refractivity contribution in [2.45, 2.75) is 24.5 Å². The molecule has 0 aliphatic carbocycles. The van der Waals surface area contributed by atoms with Crippen LogP contribution in [0.1, 0.15) is 15.9 Å². The molecule has 0 spiro atoms. The molecule has 182 valence electrons. The van der Waals surface area contributed by atoms with Gasteiger partial charge in [0.05, 0.1) is 15.9 Å². The van der Waals surface area contributed by atoms with Crippen molar-refractivity contribution in [3.8, 4) is 0 Å². The van der Waals surface area contributed by atoms with E-state index >= 15 is 0 Å². The molecule has 0 saturated heterocycles. The van der Waals surface area contributed by atoms with Crippen molar-refractivity contribution in [3.63, 3.8) is 0 Å². The van der Waals surface area contributed by atoms with E-state index in [2.05, 4.69) is 48.5 Å². The molecule has 0 radical (unpaired) electrons. The highest BCUT2D eigenvalue weighted by atomic mass is 35.5. The van der Waals surface area contributed by atoms with E-state index < -0.39 is 0 Å². The van der Waals surface area contributed by atoms with Crippen LogP contribution in [0.4, 0.5) is 0 Å². The molecule has 0 amide bonds. The van der Waals surface area contributed by atoms with Crippen molar-refractivity contribution in [2.75, 3.05) is 0 Å². The van der Waals surface area contributed by atoms with Crippen molar-refractivity contribution in [3.05, 3.63) is 148 Å². The zero-order chi connectivity index (χ0) is 25.8. The van der Waals surface area contributed by atoms with E-state index in [1.807, 2.05) is 66.7 Å². The van der Waals surface area contributed by atoms with Gasteiger partial charge >= 0.3 is 0 Å². The maximum absolute atomic E-state index is 12.8. The molecule has 0 saturated carbocycles. The third-order valence-electron chi connectivity index (χ3n) is 5.62. The average molecular weight is 579 g/mol. The van der Waals surface area contributed by atoms with Crippen molar-refractivity contribution in [1.82, 2.24) is 0 Å². The third kappa shape index (κ3) is 6.26. The Labute approximate surface area is 238 Å². The maximum atomic E-state index is 12.8. The summed E-state index contributed by atoms with van der Waals surface area (Å²) in [6.07, 6.45) is 0. The fourth-order valence-corrected chi connectivity index (χ4v) is 7.21. The molecule has 0 N–H and O–H groups in total. The summed E-state index contributed by atoms with van der Waals surface area (Å²) in [5.41, 5.74) is 1.22. The number of carbonyl (C=O) groups excluding carboxylic acids is 1. The van der Waals surface area contributed by atoms with Crippen LogP contribution in [0.2, 0.25) is 15.1 Å². The highest BCUT2D eigenvalue weighted by molar-refractivity contribution is 7.99. The number of ketones is 1. The normalized spacial score (nSPS) is 11.0. The van der Waals surface area contributed by atoms with Gasteiger partial charge in [0.1, 0.15) is 0 Å². The second kappa shape index (κ2) is 11.8. The largest absolute Gasteiger partial charge is 0.289 e. The van der Waals surface area contributed by atoms with Gasteiger partial charge in [0.2, 0.25) is 0 Å². The lowest BCUT2D eigenvalue weighted by Crippen LogP contribution is -2.04. The summed E-state index contributed by atoms with van der Waals surface area (Å²) in [5, 5.41) is 1.98. The van der Waals surface area contributed by atoms with Crippen molar-refractivity contribution in [1.29, 1.82) is 0 Å². The predicted molar refractivity (Wildman–Crippen MR) is 157 cm³/mol. The monoisotopic (exact) mass is 577 g/mol. The van der Waals surface area contributed by atoms with Crippen LogP contribution in [0.5, 0.6) is 0 Å². The minimum atomic E-state index is -0.307. The summed E-state index contributed by atoms with van der Waals surface area (Å²) in [5.74, 6) is -0.0418. The summed E-state index contributed by atoms with van der Waals surface area (Å²) in [6.45, 7) is 0. The summed E-state index contributed by atoms with van der Waals surface area (Å²) in [4.78, 5) is 18.3. The molecule has 0 aromatic heterocycles. The number of benzene rings is 5. The van der Waals surface area contributed by atoms with Crippen LogP contribution in [0.3, 0.4) is 0 Å². The Morgan fingerprint density at radius 1 is 0.568 bits per heavy atom. The number of rotatable bonds is 7. The first-order chi connectivity index (χ1) is 18.0. The van der Waals surface area contributed by atoms with Gasteiger partial charge in [0.15, 0.2) is 20.5 Å². The lowest BCUT2D eigenvalue weighted by molar-refractivity contribution is 0.103. The first-order valence-corrected chi connectivity index (χ1v) is 14.6. The van der Waals surface area contributed by atoms with Gasteiger partial charge < -0.3 is 0 Å². The Bertz CT molecular complexity index is 1470. The molecule has 5 aromatic carbocycles. The summed E-state index contributed by atoms with van der Waals surface area (Å²) in [6, 6.07) is 39.2. The molecule has 37 heavy (non-hydrogen) atoms. The summed E-state index contributed by atoms with van der Waals surface area (Å²) < 4.78 is 0. The Balaban J connectivity index is 1.39. The molecule has 6 heteroatoms. The minimum Gasteiger partial charge on any atom is -0.289 e. The van der Waals surface area contributed by atoms with Crippen LogP contribution in [0.25, 0.3) is 0 Å². The van der Waals surface area contributed by atoms with Gasteiger partial charge in [-0.05, 0) is 91.0 Å². The van der Waals surface area contributed by atoms with Crippen molar-refractivity contribution >= 4 is 63.2 Å². The number of carbonyl (C=O) groups is 1. The topological polar surface area (TPSA) is 17.1 Å². The predicted octanol–water partition coefficient (Wildman–Crippen LogP) is 10.1. The fourth-order valence-electron chi connectivity index (χ4n) is 3.80. The molecule has 0 atom stereocenters. The number of hydrogen-bond donors (Lipinski definition) is 0. The van der Waals surface area contributed by atoms with Crippen molar-refractivity contribution in [2.24, 2.45) is 0 Å². The van der Waals surface area contributed by atoms with Crippen LogP contribution in [0.15, 0.2) is 146 Å². The highest BCUT2D eigenvalue weighted by Gasteiger charge is 2.28. The van der Waals surface area contributed by atoms with E-state index in [4.69, 9.17) is 34.8 Å². The Kier molecular flexibility index (Phi) is 8.29. The Morgan fingerprint density at radius 3 is 1.59 bits per heavy atom. The lowest BCUT2D eigenvalue weighted by atomic mass is 10.0. The van der Waals surface area contributed by atoms with Crippen LogP contribution < -0.4 is 0 Å². The van der Waals surface area contributed by atoms with Crippen LogP contribution in [-0.2, 0) is 10.9 Å². The molecule has 0 aliphatic rings. The molecule has 0 bridgehead atoms. The first-order valence-electron chi connectivity index (χ1n) is 11.4. The quantitative estimate of drug-likeness (QED) is 0.141. The van der Waals surface area contributed by atoms with Gasteiger partial charge in [0.25, 0.3) is 0 Å². The lowest BCUT2D eigenvalue weighted by Gasteiger charge is -2.10. The zero-order valence-electron chi connectivity index (χ0n) is 19.4. The highest BCUT2D eigenvalue weighted by Crippen LogP contribution is 2.37. The van der Waals surface area contributed by atoms with E-state index in [1.54, 1.807) is 17.8 Å². The third-order valence-corrected chi connectivity index (χ3v) is 9.86. The van der Waals surface area contributed by atoms with Gasteiger partial charge in [0, 0.05) is 31.0 Å². The molecule has 5 aromatic rings. The molecule has 0 fully saturated rings. The van der Waals surface area contributed by atoms with Crippen molar-refractivity contribution < 1.29 is 4.79 Å². The van der Waals surface area contributed by atoms with E-state index in [0.29, 0.717) is 26.2 Å². The second-order valence-corrected chi connectivity index (χ2v) is 12.5. The SMILES string of the molecule is O=C(c1ccccc1)c1ccc(Sc2ccc([S+](c3ccc(Cl)cc3)c3ccc(Cl)cc3)cc2)c(Cl)c1. The molecular formula is C31H20Cl3OS2+. The van der Waals surface area contributed by atoms with E-state index in [-0.39, 0.29) is 16.7 Å². The molecular weight excluding hydrogens is 559 g/mol. The number of halogens is 3. The molecule has 0 heterocycles. The fraction of sp³-hybridized carbons (Fsp3) is 0. The number of hydrogen-bond acceptors (Lipinski definition) is 2. The molecule has 5 rings (SSSR count). The average Bonchev–Trinajstić information content (AvgIpc) is 2.93. The smallest absolute Gasteiger partial charge is 0.193 e. The van der Waals surface area contributed by atoms with E-state index in [1.165, 1.54) is 14.7 Å². The van der Waals surface area contributed by atoms with E-state index in [0.717, 1.165) is 9.79 Å². The van der Waals surface area contributed by atoms with Gasteiger partial charge in [-0.2, -0.15) is 0 Å².